The summed E-state index contributed by atoms with van der Waals surface area (Å²) in [4.78, 5) is 28.1. The van der Waals surface area contributed by atoms with Gasteiger partial charge in [0.1, 0.15) is 6.04 Å². The van der Waals surface area contributed by atoms with Gasteiger partial charge in [0.2, 0.25) is 11.8 Å². The molecule has 7 heteroatoms. The fraction of sp³-hybridized carbons (Fsp3) is 0.440. The van der Waals surface area contributed by atoms with Crippen LogP contribution < -0.4 is 5.32 Å². The smallest absolute Gasteiger partial charge is 0.243 e. The van der Waals surface area contributed by atoms with Crippen LogP contribution in [0.2, 0.25) is 10.0 Å². The Morgan fingerprint density at radius 2 is 1.84 bits per heavy atom. The van der Waals surface area contributed by atoms with Gasteiger partial charge in [-0.3, -0.25) is 9.59 Å². The lowest BCUT2D eigenvalue weighted by atomic mass is 10.1. The van der Waals surface area contributed by atoms with Gasteiger partial charge in [0.15, 0.2) is 0 Å². The molecule has 0 spiro atoms. The molecule has 1 saturated carbocycles. The van der Waals surface area contributed by atoms with E-state index in [1.54, 1.807) is 17.0 Å². The van der Waals surface area contributed by atoms with Crippen LogP contribution in [0.15, 0.2) is 48.5 Å². The van der Waals surface area contributed by atoms with E-state index in [1.807, 2.05) is 43.3 Å². The molecule has 0 saturated heterocycles. The minimum absolute atomic E-state index is 0.0441. The van der Waals surface area contributed by atoms with E-state index < -0.39 is 6.04 Å². The third-order valence-electron chi connectivity index (χ3n) is 5.78. The lowest BCUT2D eigenvalue weighted by molar-refractivity contribution is -0.139. The van der Waals surface area contributed by atoms with Crippen LogP contribution in [0.25, 0.3) is 0 Å². The van der Waals surface area contributed by atoms with Crippen molar-refractivity contribution in [3.63, 3.8) is 0 Å². The van der Waals surface area contributed by atoms with E-state index in [9.17, 15) is 9.59 Å². The molecule has 1 aliphatic carbocycles. The molecule has 2 aromatic carbocycles. The quantitative estimate of drug-likeness (QED) is 0.436. The van der Waals surface area contributed by atoms with Crippen molar-refractivity contribution in [3.8, 4) is 0 Å². The number of nitrogens with zero attached hydrogens (tertiary/aromatic N) is 1. The Morgan fingerprint density at radius 1 is 1.12 bits per heavy atom. The molecule has 1 fully saturated rings. The first kappa shape index (κ1) is 24.9. The van der Waals surface area contributed by atoms with Crippen LogP contribution in [-0.4, -0.2) is 34.6 Å². The predicted molar refractivity (Wildman–Crippen MR) is 134 cm³/mol. The summed E-state index contributed by atoms with van der Waals surface area (Å²) < 4.78 is 0. The Labute approximate surface area is 205 Å². The lowest BCUT2D eigenvalue weighted by Crippen LogP contribution is -2.51. The summed E-state index contributed by atoms with van der Waals surface area (Å²) in [5, 5.41) is 4.36. The van der Waals surface area contributed by atoms with Crippen molar-refractivity contribution in [2.24, 2.45) is 0 Å². The van der Waals surface area contributed by atoms with Gasteiger partial charge in [0.05, 0.1) is 5.75 Å². The second kappa shape index (κ2) is 12.5. The minimum atomic E-state index is -0.483. The standard InChI is InChI=1S/C25H30Cl2N2O2S/c1-2-23(25(31)28-21-10-6-7-11-21)29(15-18-8-4-3-5-9-18)24(30)17-32-16-19-12-13-20(26)14-22(19)27/h3-5,8-9,12-14,21,23H,2,6-7,10-11,15-17H2,1H3,(H,28,31). The van der Waals surface area contributed by atoms with Crippen molar-refractivity contribution in [1.82, 2.24) is 10.2 Å². The van der Waals surface area contributed by atoms with Crippen molar-refractivity contribution in [2.45, 2.75) is 63.4 Å². The molecule has 2 amide bonds. The molecule has 0 aromatic heterocycles. The summed E-state index contributed by atoms with van der Waals surface area (Å²) >= 11 is 13.7. The van der Waals surface area contributed by atoms with Crippen molar-refractivity contribution in [2.75, 3.05) is 5.75 Å². The van der Waals surface area contributed by atoms with Crippen LogP contribution in [0.4, 0.5) is 0 Å². The minimum Gasteiger partial charge on any atom is -0.352 e. The third kappa shape index (κ3) is 7.16. The van der Waals surface area contributed by atoms with E-state index in [1.165, 1.54) is 11.8 Å². The van der Waals surface area contributed by atoms with Crippen molar-refractivity contribution < 1.29 is 9.59 Å². The van der Waals surface area contributed by atoms with Gasteiger partial charge >= 0.3 is 0 Å². The number of hydrogen-bond donors (Lipinski definition) is 1. The Hall–Kier alpha value is -1.69. The molecule has 0 radical (unpaired) electrons. The van der Waals surface area contributed by atoms with E-state index >= 15 is 0 Å². The number of halogens is 2. The number of carbonyl (C=O) groups is 2. The highest BCUT2D eigenvalue weighted by atomic mass is 35.5. The van der Waals surface area contributed by atoms with Crippen molar-refractivity contribution in [1.29, 1.82) is 0 Å². The topological polar surface area (TPSA) is 49.4 Å². The first-order valence-electron chi connectivity index (χ1n) is 11.1. The zero-order chi connectivity index (χ0) is 22.9. The molecule has 0 bridgehead atoms. The van der Waals surface area contributed by atoms with E-state index in [4.69, 9.17) is 23.2 Å². The molecule has 1 unspecified atom stereocenters. The zero-order valence-corrected chi connectivity index (χ0v) is 20.7. The molecule has 4 nitrogen and oxygen atoms in total. The van der Waals surface area contributed by atoms with Gasteiger partial charge in [-0.05, 0) is 42.5 Å². The van der Waals surface area contributed by atoms with Gasteiger partial charge in [0.25, 0.3) is 0 Å². The van der Waals surface area contributed by atoms with Crippen LogP contribution in [0.1, 0.15) is 50.2 Å². The number of rotatable bonds is 10. The van der Waals surface area contributed by atoms with Gasteiger partial charge in [-0.1, -0.05) is 79.4 Å². The second-order valence-electron chi connectivity index (χ2n) is 8.15. The molecule has 3 rings (SSSR count). The summed E-state index contributed by atoms with van der Waals surface area (Å²) in [7, 11) is 0. The van der Waals surface area contributed by atoms with Gasteiger partial charge in [-0.2, -0.15) is 0 Å². The van der Waals surface area contributed by atoms with Gasteiger partial charge in [-0.25, -0.2) is 0 Å². The van der Waals surface area contributed by atoms with E-state index in [0.29, 0.717) is 28.8 Å². The van der Waals surface area contributed by atoms with E-state index in [0.717, 1.165) is 36.8 Å². The Balaban J connectivity index is 1.68. The highest BCUT2D eigenvalue weighted by molar-refractivity contribution is 7.99. The average Bonchev–Trinajstić information content (AvgIpc) is 3.28. The fourth-order valence-electron chi connectivity index (χ4n) is 4.04. The molecular weight excluding hydrogens is 463 g/mol. The number of nitrogens with one attached hydrogen (secondary N) is 1. The average molecular weight is 494 g/mol. The summed E-state index contributed by atoms with van der Waals surface area (Å²) in [6.07, 6.45) is 4.92. The summed E-state index contributed by atoms with van der Waals surface area (Å²) in [5.74, 6) is 0.789. The molecule has 32 heavy (non-hydrogen) atoms. The Bertz CT molecular complexity index is 904. The monoisotopic (exact) mass is 492 g/mol. The van der Waals surface area contributed by atoms with Crippen LogP contribution >= 0.6 is 35.0 Å². The van der Waals surface area contributed by atoms with Crippen molar-refractivity contribution in [3.05, 3.63) is 69.7 Å². The second-order valence-corrected chi connectivity index (χ2v) is 9.98. The van der Waals surface area contributed by atoms with Gasteiger partial charge in [0, 0.05) is 28.4 Å². The zero-order valence-electron chi connectivity index (χ0n) is 18.4. The lowest BCUT2D eigenvalue weighted by Gasteiger charge is -2.31. The van der Waals surface area contributed by atoms with Crippen LogP contribution in [0.3, 0.4) is 0 Å². The summed E-state index contributed by atoms with van der Waals surface area (Å²) in [5.41, 5.74) is 1.95. The first-order chi connectivity index (χ1) is 15.5. The highest BCUT2D eigenvalue weighted by Crippen LogP contribution is 2.25. The maximum absolute atomic E-state index is 13.3. The number of benzene rings is 2. The van der Waals surface area contributed by atoms with E-state index in [-0.39, 0.29) is 23.6 Å². The summed E-state index contributed by atoms with van der Waals surface area (Å²) in [6, 6.07) is 15.0. The van der Waals surface area contributed by atoms with Crippen molar-refractivity contribution >= 4 is 46.8 Å². The highest BCUT2D eigenvalue weighted by Gasteiger charge is 2.30. The summed E-state index contributed by atoms with van der Waals surface area (Å²) in [6.45, 7) is 2.38. The Morgan fingerprint density at radius 3 is 2.50 bits per heavy atom. The molecule has 0 aliphatic heterocycles. The molecule has 1 aliphatic rings. The molecular formula is C25H30Cl2N2O2S. The van der Waals surface area contributed by atoms with Gasteiger partial charge < -0.3 is 10.2 Å². The largest absolute Gasteiger partial charge is 0.352 e. The number of amides is 2. The number of carbonyl (C=O) groups excluding carboxylic acids is 2. The fourth-order valence-corrected chi connectivity index (χ4v) is 5.51. The third-order valence-corrected chi connectivity index (χ3v) is 7.33. The number of thioether (sulfide) groups is 1. The van der Waals surface area contributed by atoms with E-state index in [2.05, 4.69) is 5.32 Å². The Kier molecular flexibility index (Phi) is 9.76. The maximum Gasteiger partial charge on any atom is 0.243 e. The first-order valence-corrected chi connectivity index (χ1v) is 13.0. The molecule has 0 heterocycles. The maximum atomic E-state index is 13.3. The molecule has 2 aromatic rings. The predicted octanol–water partition coefficient (Wildman–Crippen LogP) is 6.09. The van der Waals surface area contributed by atoms with Crippen LogP contribution in [0.5, 0.6) is 0 Å². The molecule has 172 valence electrons. The van der Waals surface area contributed by atoms with Crippen LogP contribution in [-0.2, 0) is 21.9 Å². The normalized spacial score (nSPS) is 14.8. The van der Waals surface area contributed by atoms with Gasteiger partial charge in [-0.15, -0.1) is 11.8 Å². The SMILES string of the molecule is CCC(C(=O)NC1CCCC1)N(Cc1ccccc1)C(=O)CSCc1ccc(Cl)cc1Cl. The molecule has 1 N–H and O–H groups in total. The van der Waals surface area contributed by atoms with Crippen LogP contribution in [0, 0.1) is 0 Å². The number of hydrogen-bond acceptors (Lipinski definition) is 3. The molecule has 1 atom stereocenters.